The minimum atomic E-state index is -1.14. The summed E-state index contributed by atoms with van der Waals surface area (Å²) in [6.45, 7) is 9.05. The van der Waals surface area contributed by atoms with Gasteiger partial charge in [0.2, 0.25) is 0 Å². The van der Waals surface area contributed by atoms with E-state index >= 15 is 0 Å². The third kappa shape index (κ3) is 5.87. The van der Waals surface area contributed by atoms with Gasteiger partial charge in [0.05, 0.1) is 12.1 Å². The molecular formula is C30H38ClNO7. The summed E-state index contributed by atoms with van der Waals surface area (Å²) >= 11 is 6.62. The van der Waals surface area contributed by atoms with Gasteiger partial charge in [-0.15, -0.1) is 0 Å². The van der Waals surface area contributed by atoms with E-state index in [9.17, 15) is 14.4 Å². The molecule has 1 heterocycles. The summed E-state index contributed by atoms with van der Waals surface area (Å²) in [6, 6.07) is 3.38. The van der Waals surface area contributed by atoms with Crippen molar-refractivity contribution in [2.45, 2.75) is 65.7 Å². The fourth-order valence-corrected chi connectivity index (χ4v) is 6.47. The first-order valence-electron chi connectivity index (χ1n) is 13.3. The SMILES string of the molecule is COCCCN1C2=C(C(=O)CC(C)(C)C2)C(c2cc(Cl)c(OCC(=O)O)c(OC)c2)C2=C1CC(C)(C)CC2=O. The smallest absolute Gasteiger partial charge is 0.341 e. The van der Waals surface area contributed by atoms with Crippen LogP contribution in [0.4, 0.5) is 0 Å². The van der Waals surface area contributed by atoms with Crippen LogP contribution in [0.5, 0.6) is 11.5 Å². The molecular weight excluding hydrogens is 522 g/mol. The molecule has 0 aromatic heterocycles. The van der Waals surface area contributed by atoms with E-state index < -0.39 is 18.5 Å². The highest BCUT2D eigenvalue weighted by atomic mass is 35.5. The van der Waals surface area contributed by atoms with Crippen molar-refractivity contribution in [2.24, 2.45) is 10.8 Å². The molecule has 0 unspecified atom stereocenters. The first-order valence-corrected chi connectivity index (χ1v) is 13.7. The molecule has 3 aliphatic rings. The van der Waals surface area contributed by atoms with Gasteiger partial charge in [-0.1, -0.05) is 39.3 Å². The van der Waals surface area contributed by atoms with E-state index in [0.717, 1.165) is 17.8 Å². The van der Waals surface area contributed by atoms with E-state index in [1.54, 1.807) is 19.2 Å². The van der Waals surface area contributed by atoms with Crippen LogP contribution in [0.1, 0.15) is 71.3 Å². The van der Waals surface area contributed by atoms with Crippen molar-refractivity contribution in [1.29, 1.82) is 0 Å². The van der Waals surface area contributed by atoms with E-state index in [0.29, 0.717) is 55.5 Å². The van der Waals surface area contributed by atoms with Crippen LogP contribution in [0, 0.1) is 10.8 Å². The highest BCUT2D eigenvalue weighted by Crippen LogP contribution is 2.55. The van der Waals surface area contributed by atoms with Gasteiger partial charge in [-0.2, -0.15) is 0 Å². The van der Waals surface area contributed by atoms with E-state index in [1.807, 2.05) is 0 Å². The molecule has 0 fully saturated rings. The molecule has 0 atom stereocenters. The molecule has 1 aromatic rings. The van der Waals surface area contributed by atoms with Crippen LogP contribution in [0.3, 0.4) is 0 Å². The number of rotatable bonds is 9. The monoisotopic (exact) mass is 559 g/mol. The van der Waals surface area contributed by atoms with Crippen LogP contribution in [-0.2, 0) is 19.1 Å². The second-order valence-electron chi connectivity index (χ2n) is 12.3. The molecule has 0 amide bonds. The Bertz CT molecular complexity index is 1210. The highest BCUT2D eigenvalue weighted by Gasteiger charge is 2.49. The molecule has 212 valence electrons. The Hall–Kier alpha value is -2.84. The number of halogens is 1. The second kappa shape index (κ2) is 11.0. The van der Waals surface area contributed by atoms with E-state index in [1.165, 1.54) is 7.11 Å². The van der Waals surface area contributed by atoms with Crippen molar-refractivity contribution in [3.8, 4) is 11.5 Å². The number of carbonyl (C=O) groups excluding carboxylic acids is 2. The quantitative estimate of drug-likeness (QED) is 0.394. The number of allylic oxidation sites excluding steroid dienone is 4. The van der Waals surface area contributed by atoms with E-state index in [-0.39, 0.29) is 38.9 Å². The lowest BCUT2D eigenvalue weighted by Gasteiger charge is -2.49. The normalized spacial score (nSPS) is 20.6. The Morgan fingerprint density at radius 1 is 1.00 bits per heavy atom. The number of methoxy groups -OCH3 is 2. The predicted molar refractivity (Wildman–Crippen MR) is 147 cm³/mol. The van der Waals surface area contributed by atoms with Crippen LogP contribution in [0.25, 0.3) is 0 Å². The van der Waals surface area contributed by atoms with Crippen molar-refractivity contribution in [3.63, 3.8) is 0 Å². The fraction of sp³-hybridized carbons (Fsp3) is 0.567. The van der Waals surface area contributed by atoms with Crippen LogP contribution < -0.4 is 9.47 Å². The molecule has 1 N–H and O–H groups in total. The summed E-state index contributed by atoms with van der Waals surface area (Å²) in [5, 5.41) is 9.24. The molecule has 0 spiro atoms. The molecule has 4 rings (SSSR count). The number of ketones is 2. The summed E-state index contributed by atoms with van der Waals surface area (Å²) in [7, 11) is 3.11. The van der Waals surface area contributed by atoms with Gasteiger partial charge in [0, 0.05) is 61.6 Å². The second-order valence-corrected chi connectivity index (χ2v) is 12.7. The molecule has 0 radical (unpaired) electrons. The topological polar surface area (TPSA) is 102 Å². The van der Waals surface area contributed by atoms with Crippen molar-refractivity contribution in [2.75, 3.05) is 34.0 Å². The number of Topliss-reactive ketones (excluding diaryl/α,β-unsaturated/α-hetero) is 2. The Kier molecular flexibility index (Phi) is 8.20. The average molecular weight is 560 g/mol. The summed E-state index contributed by atoms with van der Waals surface area (Å²) < 4.78 is 16.3. The van der Waals surface area contributed by atoms with Gasteiger partial charge in [0.15, 0.2) is 29.7 Å². The Labute approximate surface area is 234 Å². The number of ether oxygens (including phenoxy) is 3. The number of carboxylic acids is 1. The van der Waals surface area contributed by atoms with Gasteiger partial charge in [-0.3, -0.25) is 9.59 Å². The number of benzene rings is 1. The molecule has 0 saturated heterocycles. The Morgan fingerprint density at radius 2 is 1.56 bits per heavy atom. The maximum absolute atomic E-state index is 13.9. The molecule has 1 aromatic carbocycles. The largest absolute Gasteiger partial charge is 0.493 e. The van der Waals surface area contributed by atoms with Crippen LogP contribution in [-0.4, -0.2) is 61.5 Å². The molecule has 9 heteroatoms. The average Bonchev–Trinajstić information content (AvgIpc) is 2.81. The summed E-state index contributed by atoms with van der Waals surface area (Å²) in [5.74, 6) is -1.34. The van der Waals surface area contributed by atoms with E-state index in [2.05, 4.69) is 32.6 Å². The molecule has 2 aliphatic carbocycles. The summed E-state index contributed by atoms with van der Waals surface area (Å²) in [5.41, 5.74) is 3.39. The molecule has 39 heavy (non-hydrogen) atoms. The number of carbonyl (C=O) groups is 3. The van der Waals surface area contributed by atoms with E-state index in [4.69, 9.17) is 30.9 Å². The predicted octanol–water partition coefficient (Wildman–Crippen LogP) is 5.53. The van der Waals surface area contributed by atoms with Gasteiger partial charge in [0.1, 0.15) is 0 Å². The summed E-state index contributed by atoms with van der Waals surface area (Å²) in [4.78, 5) is 41.1. The highest BCUT2D eigenvalue weighted by molar-refractivity contribution is 6.32. The first-order chi connectivity index (χ1) is 18.3. The van der Waals surface area contributed by atoms with Crippen molar-refractivity contribution >= 4 is 29.1 Å². The fourth-order valence-electron chi connectivity index (χ4n) is 6.20. The number of hydrogen-bond donors (Lipinski definition) is 1. The van der Waals surface area contributed by atoms with Gasteiger partial charge >= 0.3 is 5.97 Å². The van der Waals surface area contributed by atoms with Gasteiger partial charge in [-0.25, -0.2) is 4.79 Å². The Morgan fingerprint density at radius 3 is 2.05 bits per heavy atom. The van der Waals surface area contributed by atoms with Crippen molar-refractivity contribution in [3.05, 3.63) is 45.3 Å². The number of carboxylic acid groups (broad SMARTS) is 1. The zero-order valence-corrected chi connectivity index (χ0v) is 24.4. The minimum Gasteiger partial charge on any atom is -0.493 e. The minimum absolute atomic E-state index is 0.0217. The van der Waals surface area contributed by atoms with Crippen LogP contribution in [0.2, 0.25) is 5.02 Å². The van der Waals surface area contributed by atoms with Gasteiger partial charge < -0.3 is 24.2 Å². The Balaban J connectivity index is 1.95. The number of nitrogens with zero attached hydrogens (tertiary/aromatic N) is 1. The van der Waals surface area contributed by atoms with Crippen LogP contribution >= 0.6 is 11.6 Å². The lowest BCUT2D eigenvalue weighted by atomic mass is 9.63. The first kappa shape index (κ1) is 29.2. The lowest BCUT2D eigenvalue weighted by Crippen LogP contribution is -2.44. The molecule has 1 aliphatic heterocycles. The van der Waals surface area contributed by atoms with Crippen molar-refractivity contribution in [1.82, 2.24) is 4.90 Å². The number of aliphatic carboxylic acids is 1. The molecule has 0 saturated carbocycles. The van der Waals surface area contributed by atoms with Crippen LogP contribution in [0.15, 0.2) is 34.7 Å². The zero-order valence-electron chi connectivity index (χ0n) is 23.6. The van der Waals surface area contributed by atoms with Crippen molar-refractivity contribution < 1.29 is 33.7 Å². The standard InChI is InChI=1S/C30H38ClNO7/c1-29(2)12-19-26(21(33)14-29)25(17-10-18(31)28(23(11-17)38-6)39-16-24(35)36)27-20(32(19)8-7-9-37-5)13-30(3,4)15-22(27)34/h10-11,25H,7-9,12-16H2,1-6H3,(H,35,36). The maximum atomic E-state index is 13.9. The maximum Gasteiger partial charge on any atom is 0.341 e. The molecule has 0 bridgehead atoms. The van der Waals surface area contributed by atoms with Gasteiger partial charge in [0.25, 0.3) is 0 Å². The third-order valence-corrected chi connectivity index (χ3v) is 7.96. The third-order valence-electron chi connectivity index (χ3n) is 7.68. The summed E-state index contributed by atoms with van der Waals surface area (Å²) in [6.07, 6.45) is 2.91. The molecule has 8 nitrogen and oxygen atoms in total. The van der Waals surface area contributed by atoms with Gasteiger partial charge in [-0.05, 0) is 47.8 Å². The zero-order chi connectivity index (χ0) is 28.7. The lowest BCUT2D eigenvalue weighted by molar-refractivity contribution is -0.139. The number of hydrogen-bond acceptors (Lipinski definition) is 7.